The fourth-order valence-corrected chi connectivity index (χ4v) is 2.21. The van der Waals surface area contributed by atoms with Crippen LogP contribution in [0.3, 0.4) is 0 Å². The normalized spacial score (nSPS) is 12.5. The van der Waals surface area contributed by atoms with E-state index >= 15 is 0 Å². The summed E-state index contributed by atoms with van der Waals surface area (Å²) in [7, 11) is 0. The Morgan fingerprint density at radius 1 is 1.11 bits per heavy atom. The summed E-state index contributed by atoms with van der Waals surface area (Å²) >= 11 is 12.0. The zero-order valence-electron chi connectivity index (χ0n) is 9.75. The summed E-state index contributed by atoms with van der Waals surface area (Å²) < 4.78 is 13.2. The Hall–Kier alpha value is -1.09. The summed E-state index contributed by atoms with van der Waals surface area (Å²) in [4.78, 5) is 0. The minimum atomic E-state index is -0.421. The van der Waals surface area contributed by atoms with Crippen molar-refractivity contribution in [2.75, 3.05) is 0 Å². The summed E-state index contributed by atoms with van der Waals surface area (Å²) in [6, 6.07) is 9.50. The van der Waals surface area contributed by atoms with E-state index in [-0.39, 0.29) is 5.82 Å². The topological polar surface area (TPSA) is 26.0 Å². The van der Waals surface area contributed by atoms with Crippen LogP contribution in [0.4, 0.5) is 4.39 Å². The first-order chi connectivity index (χ1) is 8.49. The number of hydrogen-bond acceptors (Lipinski definition) is 1. The van der Waals surface area contributed by atoms with Gasteiger partial charge in [0.15, 0.2) is 0 Å². The van der Waals surface area contributed by atoms with Crippen molar-refractivity contribution in [3.63, 3.8) is 0 Å². The van der Waals surface area contributed by atoms with Crippen LogP contribution in [0.1, 0.15) is 22.7 Å². The molecule has 0 fully saturated rings. The SMILES string of the molecule is Cc1cc(C(N)c2cc(Cl)ccc2Cl)ccc1F. The summed E-state index contributed by atoms with van der Waals surface area (Å²) in [6.07, 6.45) is 0. The first-order valence-electron chi connectivity index (χ1n) is 5.45. The maximum atomic E-state index is 13.2. The zero-order chi connectivity index (χ0) is 13.3. The van der Waals surface area contributed by atoms with Gasteiger partial charge in [-0.2, -0.15) is 0 Å². The molecule has 18 heavy (non-hydrogen) atoms. The minimum Gasteiger partial charge on any atom is -0.320 e. The molecule has 0 amide bonds. The number of aryl methyl sites for hydroxylation is 1. The summed E-state index contributed by atoms with van der Waals surface area (Å²) in [5, 5.41) is 1.12. The molecule has 0 radical (unpaired) electrons. The lowest BCUT2D eigenvalue weighted by Crippen LogP contribution is -2.12. The lowest BCUT2D eigenvalue weighted by molar-refractivity contribution is 0.617. The van der Waals surface area contributed by atoms with Gasteiger partial charge in [-0.1, -0.05) is 35.3 Å². The maximum absolute atomic E-state index is 13.2. The van der Waals surface area contributed by atoms with Crippen molar-refractivity contribution >= 4 is 23.2 Å². The number of benzene rings is 2. The Morgan fingerprint density at radius 3 is 2.50 bits per heavy atom. The number of hydrogen-bond donors (Lipinski definition) is 1. The second-order valence-corrected chi connectivity index (χ2v) is 5.00. The Labute approximate surface area is 115 Å². The summed E-state index contributed by atoms with van der Waals surface area (Å²) in [5.74, 6) is -0.247. The molecule has 0 aliphatic carbocycles. The summed E-state index contributed by atoms with van der Waals surface area (Å²) in [6.45, 7) is 1.70. The van der Waals surface area contributed by atoms with Gasteiger partial charge < -0.3 is 5.73 Å². The van der Waals surface area contributed by atoms with Crippen molar-refractivity contribution in [3.05, 3.63) is 69.0 Å². The second kappa shape index (κ2) is 5.27. The molecule has 94 valence electrons. The molecule has 2 aromatic rings. The second-order valence-electron chi connectivity index (χ2n) is 4.15. The van der Waals surface area contributed by atoms with Crippen molar-refractivity contribution < 1.29 is 4.39 Å². The Kier molecular flexibility index (Phi) is 3.91. The van der Waals surface area contributed by atoms with Gasteiger partial charge in [-0.05, 0) is 47.9 Å². The van der Waals surface area contributed by atoms with Crippen LogP contribution in [0.15, 0.2) is 36.4 Å². The first-order valence-corrected chi connectivity index (χ1v) is 6.21. The molecule has 0 aliphatic rings. The van der Waals surface area contributed by atoms with Crippen molar-refractivity contribution in [1.82, 2.24) is 0 Å². The van der Waals surface area contributed by atoms with Gasteiger partial charge in [0.05, 0.1) is 6.04 Å². The average molecular weight is 284 g/mol. The standard InChI is InChI=1S/C14H12Cl2FN/c1-8-6-9(2-5-13(8)17)14(18)11-7-10(15)3-4-12(11)16/h2-7,14H,18H2,1H3. The molecule has 0 spiro atoms. The smallest absolute Gasteiger partial charge is 0.126 e. The van der Waals surface area contributed by atoms with Gasteiger partial charge in [-0.15, -0.1) is 0 Å². The third-order valence-electron chi connectivity index (χ3n) is 2.83. The van der Waals surface area contributed by atoms with Crippen LogP contribution in [-0.4, -0.2) is 0 Å². The molecule has 0 bridgehead atoms. The average Bonchev–Trinajstić information content (AvgIpc) is 2.35. The third kappa shape index (κ3) is 2.66. The number of rotatable bonds is 2. The van der Waals surface area contributed by atoms with E-state index < -0.39 is 6.04 Å². The highest BCUT2D eigenvalue weighted by Crippen LogP contribution is 2.29. The molecule has 0 aliphatic heterocycles. The molecule has 0 saturated heterocycles. The minimum absolute atomic E-state index is 0.247. The molecule has 0 heterocycles. The Morgan fingerprint density at radius 2 is 1.83 bits per heavy atom. The van der Waals surface area contributed by atoms with Crippen molar-refractivity contribution in [3.8, 4) is 0 Å². The third-order valence-corrected chi connectivity index (χ3v) is 3.41. The lowest BCUT2D eigenvalue weighted by Gasteiger charge is -2.15. The molecule has 1 unspecified atom stereocenters. The van der Waals surface area contributed by atoms with Crippen LogP contribution < -0.4 is 5.73 Å². The van der Waals surface area contributed by atoms with Gasteiger partial charge in [-0.3, -0.25) is 0 Å². The molecule has 0 saturated carbocycles. The van der Waals surface area contributed by atoms with E-state index in [1.54, 1.807) is 37.3 Å². The van der Waals surface area contributed by atoms with Crippen LogP contribution in [0.2, 0.25) is 10.0 Å². The monoisotopic (exact) mass is 283 g/mol. The molecule has 1 atom stereocenters. The number of nitrogens with two attached hydrogens (primary N) is 1. The number of halogens is 3. The zero-order valence-corrected chi connectivity index (χ0v) is 11.3. The van der Waals surface area contributed by atoms with Crippen LogP contribution >= 0.6 is 23.2 Å². The van der Waals surface area contributed by atoms with Crippen molar-refractivity contribution in [1.29, 1.82) is 0 Å². The van der Waals surface area contributed by atoms with Crippen LogP contribution in [0, 0.1) is 12.7 Å². The summed E-state index contributed by atoms with van der Waals surface area (Å²) in [5.41, 5.74) is 8.23. The molecular formula is C14H12Cl2FN. The van der Waals surface area contributed by atoms with E-state index in [1.807, 2.05) is 0 Å². The van der Waals surface area contributed by atoms with Crippen molar-refractivity contribution in [2.24, 2.45) is 5.73 Å². The van der Waals surface area contributed by atoms with E-state index in [0.29, 0.717) is 15.6 Å². The molecule has 4 heteroatoms. The fourth-order valence-electron chi connectivity index (χ4n) is 1.79. The van der Waals surface area contributed by atoms with Gasteiger partial charge in [-0.25, -0.2) is 4.39 Å². The highest BCUT2D eigenvalue weighted by atomic mass is 35.5. The maximum Gasteiger partial charge on any atom is 0.126 e. The molecule has 2 aromatic carbocycles. The van der Waals surface area contributed by atoms with Crippen molar-refractivity contribution in [2.45, 2.75) is 13.0 Å². The Bertz CT molecular complexity index is 584. The highest BCUT2D eigenvalue weighted by Gasteiger charge is 2.14. The molecule has 2 N–H and O–H groups in total. The predicted molar refractivity (Wildman–Crippen MR) is 73.6 cm³/mol. The lowest BCUT2D eigenvalue weighted by atomic mass is 9.98. The van der Waals surface area contributed by atoms with Gasteiger partial charge in [0.2, 0.25) is 0 Å². The van der Waals surface area contributed by atoms with E-state index in [9.17, 15) is 4.39 Å². The molecule has 1 nitrogen and oxygen atoms in total. The fraction of sp³-hybridized carbons (Fsp3) is 0.143. The van der Waals surface area contributed by atoms with Crippen LogP contribution in [0.5, 0.6) is 0 Å². The molecular weight excluding hydrogens is 272 g/mol. The van der Waals surface area contributed by atoms with E-state index in [0.717, 1.165) is 11.1 Å². The van der Waals surface area contributed by atoms with Crippen LogP contribution in [-0.2, 0) is 0 Å². The van der Waals surface area contributed by atoms with E-state index in [4.69, 9.17) is 28.9 Å². The molecule has 2 rings (SSSR count). The Balaban J connectivity index is 2.44. The first kappa shape index (κ1) is 13.3. The predicted octanol–water partition coefficient (Wildman–Crippen LogP) is 4.49. The van der Waals surface area contributed by atoms with Gasteiger partial charge in [0, 0.05) is 10.0 Å². The van der Waals surface area contributed by atoms with Crippen LogP contribution in [0.25, 0.3) is 0 Å². The van der Waals surface area contributed by atoms with E-state index in [1.165, 1.54) is 6.07 Å². The van der Waals surface area contributed by atoms with Gasteiger partial charge in [0.25, 0.3) is 0 Å². The quantitative estimate of drug-likeness (QED) is 0.864. The van der Waals surface area contributed by atoms with Gasteiger partial charge in [0.1, 0.15) is 5.82 Å². The highest BCUT2D eigenvalue weighted by molar-refractivity contribution is 6.33. The van der Waals surface area contributed by atoms with Gasteiger partial charge >= 0.3 is 0 Å². The molecule has 0 aromatic heterocycles. The van der Waals surface area contributed by atoms with E-state index in [2.05, 4.69) is 0 Å². The largest absolute Gasteiger partial charge is 0.320 e.